The van der Waals surface area contributed by atoms with Crippen molar-refractivity contribution in [2.75, 3.05) is 39.0 Å². The third kappa shape index (κ3) is 4.54. The maximum atomic E-state index is 12.5. The molecule has 0 spiro atoms. The Bertz CT molecular complexity index is 640. The van der Waals surface area contributed by atoms with Crippen molar-refractivity contribution in [3.05, 3.63) is 29.8 Å². The van der Waals surface area contributed by atoms with Crippen molar-refractivity contribution in [2.45, 2.75) is 25.2 Å². The zero-order valence-electron chi connectivity index (χ0n) is 14.2. The molecule has 0 aromatic heterocycles. The number of carbonyl (C=O) groups excluding carboxylic acids is 1. The first-order valence-electron chi connectivity index (χ1n) is 8.10. The van der Waals surface area contributed by atoms with Crippen LogP contribution in [0.2, 0.25) is 0 Å². The molecule has 1 unspecified atom stereocenters. The van der Waals surface area contributed by atoms with E-state index in [-0.39, 0.29) is 24.1 Å². The van der Waals surface area contributed by atoms with Gasteiger partial charge in [-0.3, -0.25) is 4.79 Å². The Balaban J connectivity index is 1.99. The van der Waals surface area contributed by atoms with Gasteiger partial charge in [0.25, 0.3) is 0 Å². The lowest BCUT2D eigenvalue weighted by atomic mass is 10.1. The van der Waals surface area contributed by atoms with E-state index in [0.717, 1.165) is 25.1 Å². The normalized spacial score (nSPS) is 19.0. The van der Waals surface area contributed by atoms with Crippen molar-refractivity contribution < 1.29 is 13.2 Å². The van der Waals surface area contributed by atoms with Gasteiger partial charge in [0.1, 0.15) is 0 Å². The molecule has 0 bridgehead atoms. The molecule has 6 heteroatoms. The van der Waals surface area contributed by atoms with Crippen LogP contribution in [0.5, 0.6) is 0 Å². The highest BCUT2D eigenvalue weighted by Gasteiger charge is 2.29. The number of benzene rings is 1. The summed E-state index contributed by atoms with van der Waals surface area (Å²) in [5, 5.41) is 0. The van der Waals surface area contributed by atoms with Crippen LogP contribution >= 0.6 is 0 Å². The number of hydrogen-bond donors (Lipinski definition) is 0. The highest BCUT2D eigenvalue weighted by Crippen LogP contribution is 2.18. The van der Waals surface area contributed by atoms with E-state index in [2.05, 4.69) is 4.90 Å². The van der Waals surface area contributed by atoms with Crippen LogP contribution in [0.15, 0.2) is 29.2 Å². The summed E-state index contributed by atoms with van der Waals surface area (Å²) < 4.78 is 24.8. The van der Waals surface area contributed by atoms with E-state index in [1.165, 1.54) is 0 Å². The first-order chi connectivity index (χ1) is 10.8. The molecule has 1 fully saturated rings. The van der Waals surface area contributed by atoms with Gasteiger partial charge in [-0.15, -0.1) is 0 Å². The fourth-order valence-corrected chi connectivity index (χ4v) is 4.16. The van der Waals surface area contributed by atoms with Gasteiger partial charge in [-0.2, -0.15) is 0 Å². The van der Waals surface area contributed by atoms with Crippen LogP contribution in [0, 0.1) is 12.8 Å². The zero-order chi connectivity index (χ0) is 17.0. The predicted octanol–water partition coefficient (Wildman–Crippen LogP) is 1.57. The van der Waals surface area contributed by atoms with E-state index in [9.17, 15) is 13.2 Å². The number of sulfone groups is 1. The average Bonchev–Trinajstić information content (AvgIpc) is 2.94. The second-order valence-corrected chi connectivity index (χ2v) is 8.41. The van der Waals surface area contributed by atoms with Gasteiger partial charge in [0, 0.05) is 19.6 Å². The van der Waals surface area contributed by atoms with E-state index in [0.29, 0.717) is 11.4 Å². The molecule has 1 aromatic carbocycles. The van der Waals surface area contributed by atoms with Crippen LogP contribution < -0.4 is 0 Å². The van der Waals surface area contributed by atoms with Crippen molar-refractivity contribution in [1.82, 2.24) is 9.80 Å². The first-order valence-corrected chi connectivity index (χ1v) is 9.75. The molecule has 1 atom stereocenters. The summed E-state index contributed by atoms with van der Waals surface area (Å²) in [7, 11) is -1.35. The quantitative estimate of drug-likeness (QED) is 0.790. The Hall–Kier alpha value is -1.40. The van der Waals surface area contributed by atoms with Crippen LogP contribution in [0.1, 0.15) is 18.9 Å². The molecule has 128 valence electrons. The summed E-state index contributed by atoms with van der Waals surface area (Å²) in [5.41, 5.74) is 1.03. The maximum absolute atomic E-state index is 12.5. The monoisotopic (exact) mass is 338 g/mol. The Morgan fingerprint density at radius 3 is 2.48 bits per heavy atom. The minimum atomic E-state index is -3.35. The number of nitrogens with zero attached hydrogens (tertiary/aromatic N) is 2. The molecule has 0 N–H and O–H groups in total. The lowest BCUT2D eigenvalue weighted by Crippen LogP contribution is -2.39. The second kappa shape index (κ2) is 7.45. The third-order valence-corrected chi connectivity index (χ3v) is 6.15. The maximum Gasteiger partial charge on any atom is 0.227 e. The number of hydrogen-bond acceptors (Lipinski definition) is 4. The van der Waals surface area contributed by atoms with Gasteiger partial charge in [-0.05, 0) is 46.0 Å². The van der Waals surface area contributed by atoms with Gasteiger partial charge in [0.15, 0.2) is 9.84 Å². The molecule has 5 nitrogen and oxygen atoms in total. The van der Waals surface area contributed by atoms with Crippen molar-refractivity contribution in [3.63, 3.8) is 0 Å². The topological polar surface area (TPSA) is 57.7 Å². The Labute approximate surface area is 139 Å². The SMILES string of the molecule is CCN(CCS(=O)(=O)c1ccc(C)cc1)C(=O)C1CCN(C)C1. The highest BCUT2D eigenvalue weighted by atomic mass is 32.2. The summed E-state index contributed by atoms with van der Waals surface area (Å²) in [6, 6.07) is 6.86. The largest absolute Gasteiger partial charge is 0.342 e. The molecule has 0 aliphatic carbocycles. The van der Waals surface area contributed by atoms with E-state index >= 15 is 0 Å². The second-order valence-electron chi connectivity index (χ2n) is 6.30. The standard InChI is InChI=1S/C17H26N2O3S/c1-4-19(17(20)15-9-10-18(3)13-15)11-12-23(21,22)16-7-5-14(2)6-8-16/h5-8,15H,4,9-13H2,1-3H3. The van der Waals surface area contributed by atoms with Gasteiger partial charge in [-0.25, -0.2) is 8.42 Å². The number of likely N-dealkylation sites (tertiary alicyclic amines) is 1. The number of aryl methyl sites for hydroxylation is 1. The zero-order valence-corrected chi connectivity index (χ0v) is 15.0. The Morgan fingerprint density at radius 1 is 1.30 bits per heavy atom. The van der Waals surface area contributed by atoms with E-state index < -0.39 is 9.84 Å². The van der Waals surface area contributed by atoms with Crippen molar-refractivity contribution in [1.29, 1.82) is 0 Å². The first kappa shape index (κ1) is 17.9. The molecular formula is C17H26N2O3S. The van der Waals surface area contributed by atoms with Crippen molar-refractivity contribution >= 4 is 15.7 Å². The molecule has 1 aromatic rings. The van der Waals surface area contributed by atoms with Gasteiger partial charge >= 0.3 is 0 Å². The lowest BCUT2D eigenvalue weighted by molar-refractivity contribution is -0.134. The van der Waals surface area contributed by atoms with Crippen LogP contribution in [-0.4, -0.2) is 63.1 Å². The Kier molecular flexibility index (Phi) is 5.81. The average molecular weight is 338 g/mol. The third-order valence-electron chi connectivity index (χ3n) is 4.44. The summed E-state index contributed by atoms with van der Waals surface area (Å²) >= 11 is 0. The molecule has 0 saturated carbocycles. The molecule has 1 heterocycles. The van der Waals surface area contributed by atoms with E-state index in [1.807, 2.05) is 20.9 Å². The van der Waals surface area contributed by atoms with Gasteiger partial charge < -0.3 is 9.80 Å². The molecule has 1 aliphatic heterocycles. The predicted molar refractivity (Wildman–Crippen MR) is 91.1 cm³/mol. The molecular weight excluding hydrogens is 312 g/mol. The van der Waals surface area contributed by atoms with Gasteiger partial charge in [0.05, 0.1) is 16.6 Å². The molecule has 1 saturated heterocycles. The van der Waals surface area contributed by atoms with Crippen LogP contribution in [0.4, 0.5) is 0 Å². The number of rotatable bonds is 6. The lowest BCUT2D eigenvalue weighted by Gasteiger charge is -2.24. The van der Waals surface area contributed by atoms with Crippen LogP contribution in [0.3, 0.4) is 0 Å². The fourth-order valence-electron chi connectivity index (χ4n) is 2.91. The van der Waals surface area contributed by atoms with Crippen LogP contribution in [0.25, 0.3) is 0 Å². The molecule has 0 radical (unpaired) electrons. The Morgan fingerprint density at radius 2 is 1.96 bits per heavy atom. The summed E-state index contributed by atoms with van der Waals surface area (Å²) in [4.78, 5) is 16.7. The summed E-state index contributed by atoms with van der Waals surface area (Å²) in [5.74, 6) is 0.0519. The summed E-state index contributed by atoms with van der Waals surface area (Å²) in [6.07, 6.45) is 0.858. The van der Waals surface area contributed by atoms with E-state index in [1.54, 1.807) is 29.2 Å². The molecule has 2 rings (SSSR count). The van der Waals surface area contributed by atoms with E-state index in [4.69, 9.17) is 0 Å². The fraction of sp³-hybridized carbons (Fsp3) is 0.588. The van der Waals surface area contributed by atoms with Gasteiger partial charge in [0.2, 0.25) is 5.91 Å². The van der Waals surface area contributed by atoms with Crippen molar-refractivity contribution in [2.24, 2.45) is 5.92 Å². The number of amides is 1. The minimum absolute atomic E-state index is 0.00188. The molecule has 1 amide bonds. The van der Waals surface area contributed by atoms with Crippen LogP contribution in [-0.2, 0) is 14.6 Å². The highest BCUT2D eigenvalue weighted by molar-refractivity contribution is 7.91. The minimum Gasteiger partial charge on any atom is -0.342 e. The smallest absolute Gasteiger partial charge is 0.227 e. The van der Waals surface area contributed by atoms with Crippen molar-refractivity contribution in [3.8, 4) is 0 Å². The molecule has 1 aliphatic rings. The summed E-state index contributed by atoms with van der Waals surface area (Å²) in [6.45, 7) is 6.31. The number of carbonyl (C=O) groups is 1. The van der Waals surface area contributed by atoms with Gasteiger partial charge in [-0.1, -0.05) is 17.7 Å². The molecule has 23 heavy (non-hydrogen) atoms.